The smallest absolute Gasteiger partial charge is 0.221 e. The van der Waals surface area contributed by atoms with E-state index >= 15 is 0 Å². The van der Waals surface area contributed by atoms with E-state index in [-0.39, 0.29) is 24.1 Å². The maximum atomic E-state index is 11.8. The molecule has 0 aliphatic carbocycles. The van der Waals surface area contributed by atoms with Gasteiger partial charge in [0.15, 0.2) is 11.5 Å². The molecule has 0 radical (unpaired) electrons. The van der Waals surface area contributed by atoms with E-state index in [1.807, 2.05) is 54.6 Å². The zero-order valence-corrected chi connectivity index (χ0v) is 17.9. The standard InChI is InChI=1S/C26H23NO5/c1-17(28)24-14-22-25(12-21(27-18(2)29)13-26(22)32-24)31-16-20-10-6-7-11-23(20)30-15-19-8-4-3-5-9-19/h3-14H,15-16H2,1-2H3,(H,27,29). The van der Waals surface area contributed by atoms with Crippen LogP contribution in [0, 0.1) is 0 Å². The summed E-state index contributed by atoms with van der Waals surface area (Å²) in [4.78, 5) is 23.3. The van der Waals surface area contributed by atoms with E-state index in [0.717, 1.165) is 16.9 Å². The highest BCUT2D eigenvalue weighted by Gasteiger charge is 2.15. The normalized spacial score (nSPS) is 10.7. The highest BCUT2D eigenvalue weighted by atomic mass is 16.5. The summed E-state index contributed by atoms with van der Waals surface area (Å²) in [6.45, 7) is 3.55. The predicted octanol–water partition coefficient (Wildman–Crippen LogP) is 5.75. The predicted molar refractivity (Wildman–Crippen MR) is 122 cm³/mol. The van der Waals surface area contributed by atoms with Gasteiger partial charge in [-0.25, -0.2) is 0 Å². The first-order chi connectivity index (χ1) is 15.5. The first-order valence-corrected chi connectivity index (χ1v) is 10.2. The molecule has 32 heavy (non-hydrogen) atoms. The first-order valence-electron chi connectivity index (χ1n) is 10.2. The van der Waals surface area contributed by atoms with E-state index < -0.39 is 0 Å². The van der Waals surface area contributed by atoms with Crippen LogP contribution in [0.2, 0.25) is 0 Å². The summed E-state index contributed by atoms with van der Waals surface area (Å²) in [6.07, 6.45) is 0. The van der Waals surface area contributed by atoms with Gasteiger partial charge in [0.25, 0.3) is 0 Å². The fraction of sp³-hybridized carbons (Fsp3) is 0.154. The second kappa shape index (κ2) is 9.39. The number of amides is 1. The Balaban J connectivity index is 1.58. The van der Waals surface area contributed by atoms with Gasteiger partial charge in [0.2, 0.25) is 5.91 Å². The lowest BCUT2D eigenvalue weighted by atomic mass is 10.2. The largest absolute Gasteiger partial charge is 0.488 e. The third-order valence-electron chi connectivity index (χ3n) is 4.86. The van der Waals surface area contributed by atoms with Gasteiger partial charge in [-0.15, -0.1) is 0 Å². The van der Waals surface area contributed by atoms with Gasteiger partial charge in [-0.05, 0) is 17.7 Å². The van der Waals surface area contributed by atoms with Crippen LogP contribution in [-0.4, -0.2) is 11.7 Å². The Kier molecular flexibility index (Phi) is 6.22. The Hall–Kier alpha value is -4.06. The van der Waals surface area contributed by atoms with Crippen molar-refractivity contribution >= 4 is 28.3 Å². The quantitative estimate of drug-likeness (QED) is 0.361. The van der Waals surface area contributed by atoms with E-state index in [1.54, 1.807) is 18.2 Å². The van der Waals surface area contributed by atoms with E-state index in [2.05, 4.69) is 5.32 Å². The Morgan fingerprint density at radius 3 is 2.31 bits per heavy atom. The molecule has 0 aliphatic rings. The van der Waals surface area contributed by atoms with Crippen molar-refractivity contribution in [1.29, 1.82) is 0 Å². The van der Waals surface area contributed by atoms with Crippen LogP contribution < -0.4 is 14.8 Å². The maximum Gasteiger partial charge on any atom is 0.221 e. The van der Waals surface area contributed by atoms with Gasteiger partial charge < -0.3 is 19.2 Å². The highest BCUT2D eigenvalue weighted by molar-refractivity contribution is 5.99. The molecular weight excluding hydrogens is 406 g/mol. The highest BCUT2D eigenvalue weighted by Crippen LogP contribution is 2.34. The molecule has 162 valence electrons. The van der Waals surface area contributed by atoms with Crippen LogP contribution >= 0.6 is 0 Å². The average Bonchev–Trinajstić information content (AvgIpc) is 3.21. The summed E-state index contributed by atoms with van der Waals surface area (Å²) < 4.78 is 17.8. The van der Waals surface area contributed by atoms with E-state index in [1.165, 1.54) is 13.8 Å². The SMILES string of the molecule is CC(=O)Nc1cc(OCc2ccccc2OCc2ccccc2)c2cc(C(C)=O)oc2c1. The molecule has 6 heteroatoms. The number of benzene rings is 3. The number of ketones is 1. The molecular formula is C26H23NO5. The molecule has 0 saturated heterocycles. The van der Waals surface area contributed by atoms with Crippen LogP contribution in [-0.2, 0) is 18.0 Å². The molecule has 0 aliphatic heterocycles. The van der Waals surface area contributed by atoms with E-state index in [4.69, 9.17) is 13.9 Å². The minimum absolute atomic E-state index is 0.187. The summed E-state index contributed by atoms with van der Waals surface area (Å²) in [5.74, 6) is 1.06. The fourth-order valence-corrected chi connectivity index (χ4v) is 3.33. The molecule has 0 unspecified atom stereocenters. The number of fused-ring (bicyclic) bond motifs is 1. The van der Waals surface area contributed by atoms with Crippen molar-refractivity contribution in [3.8, 4) is 11.5 Å². The van der Waals surface area contributed by atoms with Gasteiger partial charge in [-0.1, -0.05) is 48.5 Å². The fourth-order valence-electron chi connectivity index (χ4n) is 3.33. The van der Waals surface area contributed by atoms with Crippen molar-refractivity contribution in [1.82, 2.24) is 0 Å². The number of carbonyl (C=O) groups excluding carboxylic acids is 2. The first kappa shape index (κ1) is 21.2. The number of hydrogen-bond donors (Lipinski definition) is 1. The second-order valence-corrected chi connectivity index (χ2v) is 7.40. The topological polar surface area (TPSA) is 77.8 Å². The van der Waals surface area contributed by atoms with Gasteiger partial charge in [0.05, 0.1) is 5.39 Å². The number of rotatable bonds is 8. The molecule has 0 spiro atoms. The molecule has 4 aromatic rings. The van der Waals surface area contributed by atoms with Crippen molar-refractivity contribution in [2.45, 2.75) is 27.1 Å². The molecule has 4 rings (SSSR count). The zero-order valence-electron chi connectivity index (χ0n) is 17.9. The Morgan fingerprint density at radius 2 is 1.56 bits per heavy atom. The van der Waals surface area contributed by atoms with Crippen LogP contribution in [0.1, 0.15) is 35.5 Å². The summed E-state index contributed by atoms with van der Waals surface area (Å²) in [5.41, 5.74) is 2.93. The Morgan fingerprint density at radius 1 is 0.844 bits per heavy atom. The molecule has 0 bridgehead atoms. The van der Waals surface area contributed by atoms with Crippen molar-refractivity contribution in [3.05, 3.63) is 89.7 Å². The lowest BCUT2D eigenvalue weighted by Crippen LogP contribution is -2.06. The summed E-state index contributed by atoms with van der Waals surface area (Å²) in [5, 5.41) is 3.39. The number of hydrogen-bond acceptors (Lipinski definition) is 5. The average molecular weight is 429 g/mol. The zero-order chi connectivity index (χ0) is 22.5. The van der Waals surface area contributed by atoms with Gasteiger partial charge in [-0.3, -0.25) is 9.59 Å². The van der Waals surface area contributed by atoms with E-state index in [0.29, 0.717) is 29.0 Å². The minimum atomic E-state index is -0.215. The molecule has 0 fully saturated rings. The minimum Gasteiger partial charge on any atom is -0.488 e. The molecule has 3 aromatic carbocycles. The van der Waals surface area contributed by atoms with Crippen molar-refractivity contribution < 1.29 is 23.5 Å². The maximum absolute atomic E-state index is 11.8. The summed E-state index contributed by atoms with van der Waals surface area (Å²) in [6, 6.07) is 22.6. The second-order valence-electron chi connectivity index (χ2n) is 7.40. The van der Waals surface area contributed by atoms with Crippen molar-refractivity contribution in [3.63, 3.8) is 0 Å². The molecule has 1 amide bonds. The van der Waals surface area contributed by atoms with Gasteiger partial charge >= 0.3 is 0 Å². The van der Waals surface area contributed by atoms with Crippen LogP contribution in [0.5, 0.6) is 11.5 Å². The van der Waals surface area contributed by atoms with Gasteiger partial charge in [0.1, 0.15) is 30.3 Å². The molecule has 1 N–H and O–H groups in total. The van der Waals surface area contributed by atoms with Crippen LogP contribution in [0.15, 0.2) is 77.2 Å². The molecule has 6 nitrogen and oxygen atoms in total. The number of furan rings is 1. The summed E-state index contributed by atoms with van der Waals surface area (Å²) >= 11 is 0. The number of carbonyl (C=O) groups is 2. The third kappa shape index (κ3) is 4.98. The van der Waals surface area contributed by atoms with Crippen LogP contribution in [0.4, 0.5) is 5.69 Å². The van der Waals surface area contributed by atoms with Gasteiger partial charge in [0, 0.05) is 37.2 Å². The number of anilines is 1. The van der Waals surface area contributed by atoms with Crippen LogP contribution in [0.25, 0.3) is 11.0 Å². The monoisotopic (exact) mass is 429 g/mol. The van der Waals surface area contributed by atoms with E-state index in [9.17, 15) is 9.59 Å². The van der Waals surface area contributed by atoms with Crippen LogP contribution in [0.3, 0.4) is 0 Å². The lowest BCUT2D eigenvalue weighted by molar-refractivity contribution is -0.114. The van der Waals surface area contributed by atoms with Gasteiger partial charge in [-0.2, -0.15) is 0 Å². The molecule has 0 saturated carbocycles. The molecule has 1 aromatic heterocycles. The summed E-state index contributed by atoms with van der Waals surface area (Å²) in [7, 11) is 0. The number of ether oxygens (including phenoxy) is 2. The number of nitrogens with one attached hydrogen (secondary N) is 1. The number of para-hydroxylation sites is 1. The van der Waals surface area contributed by atoms with Crippen molar-refractivity contribution in [2.24, 2.45) is 0 Å². The molecule has 1 heterocycles. The third-order valence-corrected chi connectivity index (χ3v) is 4.86. The Bertz CT molecular complexity index is 1260. The number of Topliss-reactive ketones (excluding diaryl/α,β-unsaturated/α-hetero) is 1. The Labute approximate surface area is 185 Å². The van der Waals surface area contributed by atoms with Crippen molar-refractivity contribution in [2.75, 3.05) is 5.32 Å². The lowest BCUT2D eigenvalue weighted by Gasteiger charge is -2.14. The molecule has 0 atom stereocenters.